The molecule has 0 bridgehead atoms. The Morgan fingerprint density at radius 2 is 2.00 bits per heavy atom. The summed E-state index contributed by atoms with van der Waals surface area (Å²) in [6.07, 6.45) is 4.91. The number of rotatable bonds is 5. The van der Waals surface area contributed by atoms with Gasteiger partial charge in [-0.15, -0.1) is 0 Å². The lowest BCUT2D eigenvalue weighted by molar-refractivity contribution is 0.0156. The van der Waals surface area contributed by atoms with E-state index in [0.717, 1.165) is 25.7 Å². The summed E-state index contributed by atoms with van der Waals surface area (Å²) in [6, 6.07) is 8.32. The van der Waals surface area contributed by atoms with E-state index in [-0.39, 0.29) is 5.91 Å². The fourth-order valence-corrected chi connectivity index (χ4v) is 3.50. The van der Waals surface area contributed by atoms with Gasteiger partial charge in [0.1, 0.15) is 10.8 Å². The van der Waals surface area contributed by atoms with Gasteiger partial charge in [0.2, 0.25) is 5.88 Å². The second-order valence-electron chi connectivity index (χ2n) is 6.63. The molecule has 1 aliphatic carbocycles. The number of hydrogen-bond donors (Lipinski definition) is 1. The van der Waals surface area contributed by atoms with E-state index < -0.39 is 5.60 Å². The Hall–Kier alpha value is -1.82. The van der Waals surface area contributed by atoms with Gasteiger partial charge in [-0.25, -0.2) is 4.98 Å². The lowest BCUT2D eigenvalue weighted by Gasteiger charge is -2.28. The van der Waals surface area contributed by atoms with E-state index in [1.54, 1.807) is 37.4 Å². The predicted octanol–water partition coefficient (Wildman–Crippen LogP) is 4.56. The molecule has 2 aromatic rings. The van der Waals surface area contributed by atoms with Crippen molar-refractivity contribution in [1.82, 2.24) is 9.88 Å². The molecule has 0 radical (unpaired) electrons. The summed E-state index contributed by atoms with van der Waals surface area (Å²) in [6.45, 7) is 0.322. The van der Waals surface area contributed by atoms with Gasteiger partial charge in [0, 0.05) is 25.9 Å². The van der Waals surface area contributed by atoms with Crippen LogP contribution < -0.4 is 4.74 Å². The number of aliphatic hydroxyl groups is 1. The molecule has 1 aromatic carbocycles. The summed E-state index contributed by atoms with van der Waals surface area (Å²) in [5.74, 6) is 0.513. The maximum Gasteiger partial charge on any atom is 0.255 e. The van der Waals surface area contributed by atoms with Crippen LogP contribution in [0.25, 0.3) is 0 Å². The minimum atomic E-state index is -0.774. The highest BCUT2D eigenvalue weighted by atomic mass is 35.5. The fraction of sp³-hybridized carbons (Fsp3) is 0.368. The van der Waals surface area contributed by atoms with Crippen LogP contribution in [0.1, 0.15) is 36.0 Å². The number of aromatic nitrogens is 1. The smallest absolute Gasteiger partial charge is 0.255 e. The van der Waals surface area contributed by atoms with Gasteiger partial charge in [0.05, 0.1) is 16.2 Å². The molecule has 1 aromatic heterocycles. The van der Waals surface area contributed by atoms with Crippen LogP contribution in [-0.4, -0.2) is 40.1 Å². The molecule has 0 saturated heterocycles. The van der Waals surface area contributed by atoms with Gasteiger partial charge in [-0.05, 0) is 31.0 Å². The lowest BCUT2D eigenvalue weighted by atomic mass is 10.0. The first-order valence-corrected chi connectivity index (χ1v) is 9.19. The number of halogens is 2. The molecule has 0 atom stereocenters. The van der Waals surface area contributed by atoms with E-state index in [1.165, 1.54) is 11.1 Å². The van der Waals surface area contributed by atoms with E-state index in [0.29, 0.717) is 33.8 Å². The molecule has 0 unspecified atom stereocenters. The van der Waals surface area contributed by atoms with Crippen LogP contribution in [0, 0.1) is 0 Å². The highest BCUT2D eigenvalue weighted by Crippen LogP contribution is 2.34. The quantitative estimate of drug-likeness (QED) is 0.807. The van der Waals surface area contributed by atoms with Gasteiger partial charge in [0.25, 0.3) is 5.91 Å². The molecule has 26 heavy (non-hydrogen) atoms. The van der Waals surface area contributed by atoms with Gasteiger partial charge in [-0.1, -0.05) is 42.1 Å². The molecule has 0 aliphatic heterocycles. The Morgan fingerprint density at radius 3 is 2.65 bits per heavy atom. The fourth-order valence-electron chi connectivity index (χ4n) is 3.17. The number of hydrogen-bond acceptors (Lipinski definition) is 4. The Balaban J connectivity index is 1.66. The molecule has 3 rings (SSSR count). The minimum Gasteiger partial charge on any atom is -0.437 e. The molecule has 1 fully saturated rings. The van der Waals surface area contributed by atoms with Crippen molar-refractivity contribution < 1.29 is 14.6 Å². The van der Waals surface area contributed by atoms with Crippen LogP contribution in [0.3, 0.4) is 0 Å². The molecule has 7 heteroatoms. The molecule has 1 amide bonds. The zero-order chi connectivity index (χ0) is 18.7. The maximum atomic E-state index is 12.5. The van der Waals surface area contributed by atoms with E-state index in [9.17, 15) is 9.90 Å². The Bertz CT molecular complexity index is 790. The van der Waals surface area contributed by atoms with E-state index in [1.807, 2.05) is 0 Å². The summed E-state index contributed by atoms with van der Waals surface area (Å²) in [5, 5.41) is 11.2. The zero-order valence-corrected chi connectivity index (χ0v) is 15.9. The molecule has 138 valence electrons. The number of nitrogens with zero attached hydrogens (tertiary/aromatic N) is 2. The van der Waals surface area contributed by atoms with Gasteiger partial charge in [-0.2, -0.15) is 0 Å². The third-order valence-corrected chi connectivity index (χ3v) is 5.33. The number of carbonyl (C=O) groups is 1. The number of amides is 1. The monoisotopic (exact) mass is 394 g/mol. The predicted molar refractivity (Wildman–Crippen MR) is 101 cm³/mol. The number of carbonyl (C=O) groups excluding carboxylic acids is 1. The minimum absolute atomic E-state index is 0.190. The first-order valence-electron chi connectivity index (χ1n) is 8.44. The van der Waals surface area contributed by atoms with Crippen molar-refractivity contribution in [2.75, 3.05) is 13.6 Å². The highest BCUT2D eigenvalue weighted by Gasteiger charge is 2.33. The normalized spacial score (nSPS) is 15.7. The SMILES string of the molecule is CN(CC1(O)CCCC1)C(=O)c1ccc(Oc2cccc(Cl)c2Cl)nc1. The molecule has 1 heterocycles. The maximum absolute atomic E-state index is 12.5. The summed E-state index contributed by atoms with van der Waals surface area (Å²) in [5.41, 5.74) is -0.344. The molecule has 0 spiro atoms. The summed E-state index contributed by atoms with van der Waals surface area (Å²) >= 11 is 12.1. The second kappa shape index (κ2) is 7.82. The van der Waals surface area contributed by atoms with E-state index >= 15 is 0 Å². The number of benzene rings is 1. The van der Waals surface area contributed by atoms with Crippen molar-refractivity contribution in [3.8, 4) is 11.6 Å². The van der Waals surface area contributed by atoms with Crippen molar-refractivity contribution in [1.29, 1.82) is 0 Å². The first kappa shape index (κ1) is 19.0. The molecule has 1 saturated carbocycles. The molecular formula is C19H20Cl2N2O3. The number of likely N-dealkylation sites (N-methyl/N-ethyl adjacent to an activating group) is 1. The Labute approximate surface area is 162 Å². The lowest BCUT2D eigenvalue weighted by Crippen LogP contribution is -2.42. The molecule has 1 N–H and O–H groups in total. The van der Waals surface area contributed by atoms with E-state index in [2.05, 4.69) is 4.98 Å². The average molecular weight is 395 g/mol. The molecule has 5 nitrogen and oxygen atoms in total. The summed E-state index contributed by atoms with van der Waals surface area (Å²) < 4.78 is 5.62. The van der Waals surface area contributed by atoms with Gasteiger partial charge < -0.3 is 14.7 Å². The Morgan fingerprint density at radius 1 is 1.27 bits per heavy atom. The van der Waals surface area contributed by atoms with Crippen molar-refractivity contribution >= 4 is 29.1 Å². The third-order valence-electron chi connectivity index (χ3n) is 4.53. The van der Waals surface area contributed by atoms with Crippen LogP contribution in [0.4, 0.5) is 0 Å². The third kappa shape index (κ3) is 4.29. The number of ether oxygens (including phenoxy) is 1. The van der Waals surface area contributed by atoms with Crippen LogP contribution in [0.2, 0.25) is 10.0 Å². The van der Waals surface area contributed by atoms with Crippen LogP contribution in [0.15, 0.2) is 36.5 Å². The van der Waals surface area contributed by atoms with Crippen molar-refractivity contribution in [2.24, 2.45) is 0 Å². The number of pyridine rings is 1. The zero-order valence-electron chi connectivity index (χ0n) is 14.4. The summed E-state index contributed by atoms with van der Waals surface area (Å²) in [4.78, 5) is 18.2. The molecular weight excluding hydrogens is 375 g/mol. The summed E-state index contributed by atoms with van der Waals surface area (Å²) in [7, 11) is 1.69. The van der Waals surface area contributed by atoms with E-state index in [4.69, 9.17) is 27.9 Å². The average Bonchev–Trinajstić information content (AvgIpc) is 3.05. The van der Waals surface area contributed by atoms with Crippen LogP contribution in [-0.2, 0) is 0 Å². The van der Waals surface area contributed by atoms with Gasteiger partial charge in [0.15, 0.2) is 0 Å². The van der Waals surface area contributed by atoms with Crippen LogP contribution >= 0.6 is 23.2 Å². The second-order valence-corrected chi connectivity index (χ2v) is 7.42. The standard InChI is InChI=1S/C19H20Cl2N2O3/c1-23(12-19(25)9-2-3-10-19)18(24)13-7-8-16(22-11-13)26-15-6-4-5-14(20)17(15)21/h4-8,11,25H,2-3,9-10,12H2,1H3. The van der Waals surface area contributed by atoms with Crippen molar-refractivity contribution in [3.05, 3.63) is 52.1 Å². The topological polar surface area (TPSA) is 62.7 Å². The largest absolute Gasteiger partial charge is 0.437 e. The highest BCUT2D eigenvalue weighted by molar-refractivity contribution is 6.42. The Kier molecular flexibility index (Phi) is 5.70. The van der Waals surface area contributed by atoms with Crippen molar-refractivity contribution in [2.45, 2.75) is 31.3 Å². The first-order chi connectivity index (χ1) is 12.4. The van der Waals surface area contributed by atoms with Gasteiger partial charge in [-0.3, -0.25) is 4.79 Å². The van der Waals surface area contributed by atoms with Gasteiger partial charge >= 0.3 is 0 Å². The van der Waals surface area contributed by atoms with Crippen LogP contribution in [0.5, 0.6) is 11.6 Å². The van der Waals surface area contributed by atoms with Crippen molar-refractivity contribution in [3.63, 3.8) is 0 Å². The molecule has 1 aliphatic rings.